The number of anilines is 1. The molecule has 1 aliphatic rings. The van der Waals surface area contributed by atoms with E-state index in [4.69, 9.17) is 0 Å². The molecule has 1 heterocycles. The van der Waals surface area contributed by atoms with Crippen LogP contribution in [0.3, 0.4) is 0 Å². The van der Waals surface area contributed by atoms with Gasteiger partial charge in [0, 0.05) is 13.1 Å². The van der Waals surface area contributed by atoms with Crippen molar-refractivity contribution in [3.63, 3.8) is 0 Å². The van der Waals surface area contributed by atoms with Gasteiger partial charge in [-0.2, -0.15) is 0 Å². The van der Waals surface area contributed by atoms with Gasteiger partial charge in [-0.3, -0.25) is 0 Å². The Morgan fingerprint density at radius 2 is 2.15 bits per heavy atom. The van der Waals surface area contributed by atoms with Crippen molar-refractivity contribution in [3.8, 4) is 0 Å². The molecular formula is C9H12BrN3. The van der Waals surface area contributed by atoms with E-state index in [1.807, 2.05) is 6.20 Å². The molecular weight excluding hydrogens is 230 g/mol. The molecule has 0 unspecified atom stereocenters. The third-order valence-corrected chi connectivity index (χ3v) is 3.00. The van der Waals surface area contributed by atoms with Crippen molar-refractivity contribution in [2.45, 2.75) is 25.3 Å². The summed E-state index contributed by atoms with van der Waals surface area (Å²) >= 11 is 3.27. The van der Waals surface area contributed by atoms with Gasteiger partial charge < -0.3 is 4.90 Å². The number of hydrogen-bond donors (Lipinski definition) is 0. The van der Waals surface area contributed by atoms with Gasteiger partial charge in [0.1, 0.15) is 10.4 Å². The van der Waals surface area contributed by atoms with Gasteiger partial charge >= 0.3 is 0 Å². The summed E-state index contributed by atoms with van der Waals surface area (Å²) in [5, 5.41) is 0. The normalized spacial score (nSPS) is 16.8. The predicted octanol–water partition coefficient (Wildman–Crippen LogP) is 2.23. The first-order chi connectivity index (χ1) is 6.27. The lowest BCUT2D eigenvalue weighted by Gasteiger charge is -2.35. The molecule has 1 aromatic heterocycles. The van der Waals surface area contributed by atoms with Crippen molar-refractivity contribution >= 4 is 21.7 Å². The molecule has 0 amide bonds. The largest absolute Gasteiger partial charge is 0.355 e. The molecule has 3 nitrogen and oxygen atoms in total. The second kappa shape index (κ2) is 3.62. The van der Waals surface area contributed by atoms with Crippen LogP contribution in [0.2, 0.25) is 0 Å². The summed E-state index contributed by atoms with van der Waals surface area (Å²) in [6.07, 6.45) is 7.47. The number of nitrogens with zero attached hydrogens (tertiary/aromatic N) is 3. The topological polar surface area (TPSA) is 29.0 Å². The van der Waals surface area contributed by atoms with E-state index < -0.39 is 0 Å². The third-order valence-electron chi connectivity index (χ3n) is 2.59. The second-order valence-corrected chi connectivity index (χ2v) is 4.21. The molecule has 0 bridgehead atoms. The van der Waals surface area contributed by atoms with Crippen LogP contribution in [0.5, 0.6) is 0 Å². The molecule has 0 saturated heterocycles. The molecule has 70 valence electrons. The van der Waals surface area contributed by atoms with E-state index in [0.29, 0.717) is 6.04 Å². The van der Waals surface area contributed by atoms with E-state index in [0.717, 1.165) is 10.4 Å². The molecule has 0 atom stereocenters. The summed E-state index contributed by atoms with van der Waals surface area (Å²) in [4.78, 5) is 10.7. The maximum atomic E-state index is 4.30. The first-order valence-corrected chi connectivity index (χ1v) is 5.27. The fourth-order valence-corrected chi connectivity index (χ4v) is 1.65. The van der Waals surface area contributed by atoms with Crippen LogP contribution >= 0.6 is 15.9 Å². The minimum absolute atomic E-state index is 0.676. The van der Waals surface area contributed by atoms with Crippen LogP contribution in [-0.4, -0.2) is 23.1 Å². The minimum Gasteiger partial charge on any atom is -0.355 e. The van der Waals surface area contributed by atoms with Crippen molar-refractivity contribution in [1.82, 2.24) is 9.97 Å². The fraction of sp³-hybridized carbons (Fsp3) is 0.556. The third kappa shape index (κ3) is 1.82. The zero-order valence-corrected chi connectivity index (χ0v) is 9.16. The molecule has 1 aromatic rings. The Labute approximate surface area is 86.3 Å². The quantitative estimate of drug-likeness (QED) is 0.796. The van der Waals surface area contributed by atoms with Crippen molar-refractivity contribution < 1.29 is 0 Å². The van der Waals surface area contributed by atoms with E-state index in [9.17, 15) is 0 Å². The van der Waals surface area contributed by atoms with Gasteiger partial charge in [-0.1, -0.05) is 0 Å². The average Bonchev–Trinajstić information content (AvgIpc) is 2.02. The maximum Gasteiger partial charge on any atom is 0.147 e. The predicted molar refractivity (Wildman–Crippen MR) is 55.8 cm³/mol. The molecule has 0 spiro atoms. The fourth-order valence-electron chi connectivity index (χ4n) is 1.45. The number of aromatic nitrogens is 2. The summed E-state index contributed by atoms with van der Waals surface area (Å²) in [7, 11) is 2.09. The van der Waals surface area contributed by atoms with Crippen LogP contribution in [-0.2, 0) is 0 Å². The van der Waals surface area contributed by atoms with Gasteiger partial charge in [-0.15, -0.1) is 0 Å². The molecule has 4 heteroatoms. The van der Waals surface area contributed by atoms with Crippen molar-refractivity contribution in [1.29, 1.82) is 0 Å². The Morgan fingerprint density at radius 1 is 1.38 bits per heavy atom. The zero-order chi connectivity index (χ0) is 9.26. The summed E-state index contributed by atoms with van der Waals surface area (Å²) in [6.45, 7) is 0. The Hall–Kier alpha value is -0.640. The second-order valence-electron chi connectivity index (χ2n) is 3.39. The highest BCUT2D eigenvalue weighted by atomic mass is 79.9. The molecule has 0 radical (unpaired) electrons. The van der Waals surface area contributed by atoms with Crippen LogP contribution in [0.15, 0.2) is 17.0 Å². The van der Waals surface area contributed by atoms with Crippen molar-refractivity contribution in [2.75, 3.05) is 11.9 Å². The van der Waals surface area contributed by atoms with E-state index in [1.54, 1.807) is 6.20 Å². The monoisotopic (exact) mass is 241 g/mol. The van der Waals surface area contributed by atoms with Crippen LogP contribution in [0, 0.1) is 0 Å². The molecule has 1 fully saturated rings. The minimum atomic E-state index is 0.676. The lowest BCUT2D eigenvalue weighted by atomic mass is 9.92. The number of halogens is 1. The Bertz CT molecular complexity index is 281. The van der Waals surface area contributed by atoms with E-state index in [-0.39, 0.29) is 0 Å². The summed E-state index contributed by atoms with van der Waals surface area (Å²) in [6, 6.07) is 0.676. The molecule has 0 aromatic carbocycles. The highest BCUT2D eigenvalue weighted by Crippen LogP contribution is 2.26. The molecule has 1 aliphatic carbocycles. The first kappa shape index (κ1) is 8.94. The molecule has 1 saturated carbocycles. The Kier molecular flexibility index (Phi) is 2.49. The average molecular weight is 242 g/mol. The maximum absolute atomic E-state index is 4.30. The van der Waals surface area contributed by atoms with Gasteiger partial charge in [-0.05, 0) is 35.2 Å². The summed E-state index contributed by atoms with van der Waals surface area (Å²) in [5.74, 6) is 0.966. The molecule has 2 rings (SSSR count). The smallest absolute Gasteiger partial charge is 0.147 e. The SMILES string of the molecule is CN(c1cnc(Br)cn1)C1CCC1. The molecule has 0 N–H and O–H groups in total. The lowest BCUT2D eigenvalue weighted by Crippen LogP contribution is -2.37. The van der Waals surface area contributed by atoms with Crippen molar-refractivity contribution in [3.05, 3.63) is 17.0 Å². The van der Waals surface area contributed by atoms with Crippen LogP contribution < -0.4 is 4.90 Å². The molecule has 0 aliphatic heterocycles. The number of rotatable bonds is 2. The standard InChI is InChI=1S/C9H12BrN3/c1-13(7-3-2-4-7)9-6-11-8(10)5-12-9/h5-7H,2-4H2,1H3. The van der Waals surface area contributed by atoms with Gasteiger partial charge in [0.2, 0.25) is 0 Å². The van der Waals surface area contributed by atoms with Gasteiger partial charge in [0.05, 0.1) is 12.4 Å². The van der Waals surface area contributed by atoms with Crippen molar-refractivity contribution in [2.24, 2.45) is 0 Å². The van der Waals surface area contributed by atoms with Crippen LogP contribution in [0.4, 0.5) is 5.82 Å². The Balaban J connectivity index is 2.10. The van der Waals surface area contributed by atoms with Crippen LogP contribution in [0.25, 0.3) is 0 Å². The highest BCUT2D eigenvalue weighted by molar-refractivity contribution is 9.10. The van der Waals surface area contributed by atoms with E-state index >= 15 is 0 Å². The van der Waals surface area contributed by atoms with E-state index in [1.165, 1.54) is 19.3 Å². The summed E-state index contributed by atoms with van der Waals surface area (Å²) < 4.78 is 0.790. The van der Waals surface area contributed by atoms with E-state index in [2.05, 4.69) is 37.8 Å². The Morgan fingerprint density at radius 3 is 2.62 bits per heavy atom. The van der Waals surface area contributed by atoms with Gasteiger partial charge in [-0.25, -0.2) is 9.97 Å². The number of hydrogen-bond acceptors (Lipinski definition) is 3. The first-order valence-electron chi connectivity index (χ1n) is 4.48. The molecule has 13 heavy (non-hydrogen) atoms. The van der Waals surface area contributed by atoms with Gasteiger partial charge in [0.25, 0.3) is 0 Å². The highest BCUT2D eigenvalue weighted by Gasteiger charge is 2.22. The van der Waals surface area contributed by atoms with Crippen LogP contribution in [0.1, 0.15) is 19.3 Å². The summed E-state index contributed by atoms with van der Waals surface area (Å²) in [5.41, 5.74) is 0. The lowest BCUT2D eigenvalue weighted by molar-refractivity contribution is 0.399. The zero-order valence-electron chi connectivity index (χ0n) is 7.57. The van der Waals surface area contributed by atoms with Gasteiger partial charge in [0.15, 0.2) is 0 Å².